The van der Waals surface area contributed by atoms with E-state index in [1.165, 1.54) is 0 Å². The van der Waals surface area contributed by atoms with Crippen LogP contribution >= 0.6 is 12.6 Å². The molecule has 0 unspecified atom stereocenters. The molecule has 0 aromatic carbocycles. The van der Waals surface area contributed by atoms with E-state index in [1.807, 2.05) is 6.07 Å². The lowest BCUT2D eigenvalue weighted by Gasteiger charge is -2.16. The van der Waals surface area contributed by atoms with Gasteiger partial charge in [0, 0.05) is 11.6 Å². The lowest BCUT2D eigenvalue weighted by Crippen LogP contribution is -2.13. The van der Waals surface area contributed by atoms with Crippen molar-refractivity contribution >= 4 is 12.6 Å². The molecule has 0 amide bonds. The molecule has 0 N–H and O–H groups in total. The van der Waals surface area contributed by atoms with Crippen LogP contribution in [0.4, 0.5) is 0 Å². The second kappa shape index (κ2) is 2.81. The second-order valence-corrected chi connectivity index (χ2v) is 3.89. The van der Waals surface area contributed by atoms with Crippen molar-refractivity contribution in [2.75, 3.05) is 0 Å². The summed E-state index contributed by atoms with van der Waals surface area (Å²) in [6.07, 6.45) is 1.73. The lowest BCUT2D eigenvalue weighted by atomic mass is 9.92. The van der Waals surface area contributed by atoms with Crippen LogP contribution in [-0.2, 0) is 5.41 Å². The van der Waals surface area contributed by atoms with Gasteiger partial charge in [-0.1, -0.05) is 20.8 Å². The molecule has 60 valence electrons. The molecule has 0 bridgehead atoms. The first-order valence-electron chi connectivity index (χ1n) is 3.52. The van der Waals surface area contributed by atoms with Gasteiger partial charge in [-0.05, 0) is 6.07 Å². The summed E-state index contributed by atoms with van der Waals surface area (Å²) in [5, 5.41) is 0.539. The highest BCUT2D eigenvalue weighted by Gasteiger charge is 2.14. The van der Waals surface area contributed by atoms with Crippen LogP contribution in [0.2, 0.25) is 0 Å². The SMILES string of the molecule is CC(C)(C)c1ccnc(S)n1. The molecule has 11 heavy (non-hydrogen) atoms. The molecular formula is C8H12N2S. The van der Waals surface area contributed by atoms with Crippen molar-refractivity contribution in [2.45, 2.75) is 31.3 Å². The van der Waals surface area contributed by atoms with E-state index in [1.54, 1.807) is 6.20 Å². The molecule has 1 heterocycles. The van der Waals surface area contributed by atoms with Crippen LogP contribution in [-0.4, -0.2) is 9.97 Å². The molecule has 1 aromatic heterocycles. The molecule has 2 nitrogen and oxygen atoms in total. The Balaban J connectivity index is 3.06. The minimum absolute atomic E-state index is 0.0837. The fourth-order valence-electron chi connectivity index (χ4n) is 0.766. The highest BCUT2D eigenvalue weighted by molar-refractivity contribution is 7.80. The van der Waals surface area contributed by atoms with E-state index in [-0.39, 0.29) is 5.41 Å². The summed E-state index contributed by atoms with van der Waals surface area (Å²) in [7, 11) is 0. The van der Waals surface area contributed by atoms with Crippen LogP contribution in [0.1, 0.15) is 26.5 Å². The van der Waals surface area contributed by atoms with Gasteiger partial charge in [0.05, 0.1) is 5.69 Å². The topological polar surface area (TPSA) is 25.8 Å². The van der Waals surface area contributed by atoms with E-state index in [0.29, 0.717) is 5.16 Å². The zero-order chi connectivity index (χ0) is 8.48. The molecule has 0 aliphatic rings. The number of thiol groups is 1. The normalized spacial score (nSPS) is 11.6. The van der Waals surface area contributed by atoms with Gasteiger partial charge < -0.3 is 0 Å². The maximum absolute atomic E-state index is 4.20. The number of rotatable bonds is 0. The second-order valence-electron chi connectivity index (χ2n) is 3.49. The van der Waals surface area contributed by atoms with E-state index in [4.69, 9.17) is 0 Å². The Morgan fingerprint density at radius 1 is 1.36 bits per heavy atom. The van der Waals surface area contributed by atoms with Crippen LogP contribution in [0.25, 0.3) is 0 Å². The Morgan fingerprint density at radius 2 is 2.00 bits per heavy atom. The van der Waals surface area contributed by atoms with Crippen molar-refractivity contribution in [3.05, 3.63) is 18.0 Å². The van der Waals surface area contributed by atoms with Crippen molar-refractivity contribution in [3.8, 4) is 0 Å². The molecule has 0 saturated heterocycles. The number of aromatic nitrogens is 2. The summed E-state index contributed by atoms with van der Waals surface area (Å²) in [6, 6.07) is 1.92. The summed E-state index contributed by atoms with van der Waals surface area (Å²) in [4.78, 5) is 8.10. The van der Waals surface area contributed by atoms with Crippen LogP contribution in [0.15, 0.2) is 17.4 Å². The summed E-state index contributed by atoms with van der Waals surface area (Å²) < 4.78 is 0. The molecule has 0 aliphatic heterocycles. The lowest BCUT2D eigenvalue weighted by molar-refractivity contribution is 0.558. The van der Waals surface area contributed by atoms with Crippen LogP contribution in [0.3, 0.4) is 0 Å². The van der Waals surface area contributed by atoms with Gasteiger partial charge in [-0.2, -0.15) is 0 Å². The summed E-state index contributed by atoms with van der Waals surface area (Å²) >= 11 is 4.06. The average molecular weight is 168 g/mol. The van der Waals surface area contributed by atoms with Crippen molar-refractivity contribution in [3.63, 3.8) is 0 Å². The molecule has 0 spiro atoms. The summed E-state index contributed by atoms with van der Waals surface area (Å²) in [6.45, 7) is 6.34. The van der Waals surface area contributed by atoms with E-state index in [0.717, 1.165) is 5.69 Å². The van der Waals surface area contributed by atoms with Crippen LogP contribution in [0, 0.1) is 0 Å². The largest absolute Gasteiger partial charge is 0.231 e. The minimum Gasteiger partial charge on any atom is -0.231 e. The predicted octanol–water partition coefficient (Wildman–Crippen LogP) is 2.06. The first-order valence-corrected chi connectivity index (χ1v) is 3.97. The Hall–Kier alpha value is -0.570. The molecule has 1 rings (SSSR count). The number of hydrogen-bond acceptors (Lipinski definition) is 3. The number of nitrogens with zero attached hydrogens (tertiary/aromatic N) is 2. The van der Waals surface area contributed by atoms with Crippen molar-refractivity contribution < 1.29 is 0 Å². The van der Waals surface area contributed by atoms with Gasteiger partial charge in [-0.3, -0.25) is 0 Å². The third kappa shape index (κ3) is 2.19. The first kappa shape index (κ1) is 8.53. The van der Waals surface area contributed by atoms with Crippen molar-refractivity contribution in [1.82, 2.24) is 9.97 Å². The van der Waals surface area contributed by atoms with Crippen LogP contribution in [0.5, 0.6) is 0 Å². The van der Waals surface area contributed by atoms with Gasteiger partial charge in [-0.15, -0.1) is 12.6 Å². The highest BCUT2D eigenvalue weighted by atomic mass is 32.1. The monoisotopic (exact) mass is 168 g/mol. The standard InChI is InChI=1S/C8H12N2S/c1-8(2,3)6-4-5-9-7(11)10-6/h4-5H,1-3H3,(H,9,10,11). The Morgan fingerprint density at radius 3 is 2.36 bits per heavy atom. The Labute approximate surface area is 72.5 Å². The fourth-order valence-corrected chi connectivity index (χ4v) is 0.941. The third-order valence-electron chi connectivity index (χ3n) is 1.41. The maximum atomic E-state index is 4.20. The molecule has 0 atom stereocenters. The maximum Gasteiger partial charge on any atom is 0.184 e. The molecular weight excluding hydrogens is 156 g/mol. The zero-order valence-electron chi connectivity index (χ0n) is 7.00. The molecule has 0 saturated carbocycles. The first-order chi connectivity index (χ1) is 5.00. The van der Waals surface area contributed by atoms with Crippen LogP contribution < -0.4 is 0 Å². The van der Waals surface area contributed by atoms with E-state index < -0.39 is 0 Å². The Kier molecular flexibility index (Phi) is 2.18. The minimum atomic E-state index is 0.0837. The molecule has 0 aliphatic carbocycles. The fraction of sp³-hybridized carbons (Fsp3) is 0.500. The quantitative estimate of drug-likeness (QED) is 0.474. The molecule has 3 heteroatoms. The van der Waals surface area contributed by atoms with Crippen molar-refractivity contribution in [2.24, 2.45) is 0 Å². The van der Waals surface area contributed by atoms with Gasteiger partial charge in [0.15, 0.2) is 5.16 Å². The molecule has 0 fully saturated rings. The summed E-state index contributed by atoms with van der Waals surface area (Å²) in [5.41, 5.74) is 1.11. The summed E-state index contributed by atoms with van der Waals surface area (Å²) in [5.74, 6) is 0. The number of hydrogen-bond donors (Lipinski definition) is 1. The van der Waals surface area contributed by atoms with E-state index in [9.17, 15) is 0 Å². The van der Waals surface area contributed by atoms with Gasteiger partial charge in [0.2, 0.25) is 0 Å². The third-order valence-corrected chi connectivity index (χ3v) is 1.63. The van der Waals surface area contributed by atoms with Gasteiger partial charge in [0.25, 0.3) is 0 Å². The average Bonchev–Trinajstić information content (AvgIpc) is 1.86. The molecule has 1 aromatic rings. The van der Waals surface area contributed by atoms with Crippen molar-refractivity contribution in [1.29, 1.82) is 0 Å². The van der Waals surface area contributed by atoms with Gasteiger partial charge >= 0.3 is 0 Å². The zero-order valence-corrected chi connectivity index (χ0v) is 7.89. The molecule has 0 radical (unpaired) electrons. The Bertz CT molecular complexity index is 253. The van der Waals surface area contributed by atoms with Gasteiger partial charge in [0.1, 0.15) is 0 Å². The highest BCUT2D eigenvalue weighted by Crippen LogP contribution is 2.19. The van der Waals surface area contributed by atoms with E-state index in [2.05, 4.69) is 43.4 Å². The predicted molar refractivity (Wildman–Crippen MR) is 48.0 cm³/mol. The van der Waals surface area contributed by atoms with Gasteiger partial charge in [-0.25, -0.2) is 9.97 Å². The van der Waals surface area contributed by atoms with E-state index >= 15 is 0 Å². The smallest absolute Gasteiger partial charge is 0.184 e.